The molecule has 2 N–H and O–H groups in total. The number of anilines is 2. The number of benzene rings is 1. The first-order valence-electron chi connectivity index (χ1n) is 12.3. The van der Waals surface area contributed by atoms with Crippen LogP contribution in [0.25, 0.3) is 0 Å². The van der Waals surface area contributed by atoms with Gasteiger partial charge in [0.25, 0.3) is 10.0 Å². The Hall–Kier alpha value is -3.27. The molecule has 0 aliphatic carbocycles. The maximum atomic E-state index is 14.0. The molecule has 1 aliphatic heterocycles. The van der Waals surface area contributed by atoms with Crippen molar-refractivity contribution in [3.63, 3.8) is 0 Å². The van der Waals surface area contributed by atoms with Crippen LogP contribution >= 0.6 is 11.3 Å². The lowest BCUT2D eigenvalue weighted by Crippen LogP contribution is -2.48. The van der Waals surface area contributed by atoms with Gasteiger partial charge in [-0.3, -0.25) is 14.4 Å². The van der Waals surface area contributed by atoms with Crippen molar-refractivity contribution >= 4 is 44.7 Å². The summed E-state index contributed by atoms with van der Waals surface area (Å²) < 4.78 is 84.7. The maximum absolute atomic E-state index is 14.0. The zero-order valence-electron chi connectivity index (χ0n) is 22.7. The summed E-state index contributed by atoms with van der Waals surface area (Å²) in [4.78, 5) is 28.0. The van der Waals surface area contributed by atoms with E-state index in [1.165, 1.54) is 25.1 Å². The second-order valence-electron chi connectivity index (χ2n) is 9.64. The fourth-order valence-electron chi connectivity index (χ4n) is 3.45. The summed E-state index contributed by atoms with van der Waals surface area (Å²) in [6, 6.07) is 3.91. The number of nitrogens with one attached hydrogen (secondary N) is 2. The highest BCUT2D eigenvalue weighted by molar-refractivity contribution is 7.93. The van der Waals surface area contributed by atoms with Gasteiger partial charge in [-0.1, -0.05) is 18.3 Å². The van der Waals surface area contributed by atoms with Crippen LogP contribution in [0.15, 0.2) is 23.2 Å². The molecule has 0 radical (unpaired) electrons. The van der Waals surface area contributed by atoms with Crippen LogP contribution < -0.4 is 24.4 Å². The number of nitrogens with zero attached hydrogens (tertiary/aromatic N) is 2. The van der Waals surface area contributed by atoms with E-state index in [0.717, 1.165) is 15.6 Å². The summed E-state index contributed by atoms with van der Waals surface area (Å²) in [6.45, 7) is 7.76. The molecular weight excluding hydrogens is 577 g/mol. The molecule has 3 rings (SSSR count). The minimum absolute atomic E-state index is 0.00602. The molecule has 40 heavy (non-hydrogen) atoms. The number of sulfonamides is 1. The second-order valence-corrected chi connectivity index (χ2v) is 12.5. The summed E-state index contributed by atoms with van der Waals surface area (Å²) >= 11 is 1.10. The van der Waals surface area contributed by atoms with Gasteiger partial charge in [0, 0.05) is 12.6 Å². The van der Waals surface area contributed by atoms with Crippen LogP contribution in [-0.4, -0.2) is 62.5 Å². The molecule has 0 saturated carbocycles. The summed E-state index contributed by atoms with van der Waals surface area (Å²) in [5, 5.41) is 5.12. The van der Waals surface area contributed by atoms with E-state index in [0.29, 0.717) is 25.3 Å². The molecule has 0 bridgehead atoms. The van der Waals surface area contributed by atoms with Gasteiger partial charge in [0.05, 0.1) is 29.9 Å². The number of fused-ring (bicyclic) bond motifs is 1. The number of alkyl halides is 3. The first-order valence-corrected chi connectivity index (χ1v) is 14.5. The van der Waals surface area contributed by atoms with Gasteiger partial charge in [0.15, 0.2) is 0 Å². The zero-order chi connectivity index (χ0) is 30.0. The fourth-order valence-corrected chi connectivity index (χ4v) is 6.28. The molecule has 0 spiro atoms. The van der Waals surface area contributed by atoms with Gasteiger partial charge in [-0.05, 0) is 52.3 Å². The number of carbonyl (C=O) groups is 2. The highest BCUT2D eigenvalue weighted by Gasteiger charge is 2.51. The van der Waals surface area contributed by atoms with E-state index in [2.05, 4.69) is 20.4 Å². The van der Waals surface area contributed by atoms with Crippen molar-refractivity contribution in [1.29, 1.82) is 0 Å². The summed E-state index contributed by atoms with van der Waals surface area (Å²) in [5.41, 5.74) is -2.82. The lowest BCUT2D eigenvalue weighted by Gasteiger charge is -2.35. The van der Waals surface area contributed by atoms with Crippen LogP contribution in [0.3, 0.4) is 0 Å². The molecule has 2 heterocycles. The molecular formula is C24H31F3N4O7S2. The van der Waals surface area contributed by atoms with Crippen molar-refractivity contribution in [2.24, 2.45) is 0 Å². The third-order valence-electron chi connectivity index (χ3n) is 5.54. The Morgan fingerprint density at radius 3 is 2.52 bits per heavy atom. The smallest absolute Gasteiger partial charge is 0.427 e. The Morgan fingerprint density at radius 1 is 1.27 bits per heavy atom. The van der Waals surface area contributed by atoms with Crippen LogP contribution in [0.2, 0.25) is 0 Å². The molecule has 0 fully saturated rings. The van der Waals surface area contributed by atoms with Gasteiger partial charge in [0.1, 0.15) is 11.9 Å². The molecule has 222 valence electrons. The molecule has 2 amide bonds. The Morgan fingerprint density at radius 2 is 1.95 bits per heavy atom. The monoisotopic (exact) mass is 608 g/mol. The molecule has 16 heteroatoms. The van der Waals surface area contributed by atoms with Gasteiger partial charge in [-0.15, -0.1) is 0 Å². The number of thiazole rings is 1. The highest BCUT2D eigenvalue weighted by atomic mass is 32.2. The average Bonchev–Trinajstić information content (AvgIpc) is 3.24. The minimum Gasteiger partial charge on any atom is -0.484 e. The summed E-state index contributed by atoms with van der Waals surface area (Å²) in [6.07, 6.45) is -6.88. The number of carbonyl (C=O) groups excluding carboxylic acids is 2. The SMILES string of the molecule is CCc1nc(S(=O)(=O)N2CC(CNC(C)=O)Oc3ccc(NC(=O)OC(C)(C)C(F)(F)F)cc32)c(OC(C)C)s1. The quantitative estimate of drug-likeness (QED) is 0.426. The number of rotatable bonds is 9. The molecule has 11 nitrogen and oxygen atoms in total. The molecule has 0 saturated heterocycles. The Balaban J connectivity index is 2.02. The largest absolute Gasteiger partial charge is 0.484 e. The van der Waals surface area contributed by atoms with Crippen LogP contribution in [0.1, 0.15) is 46.6 Å². The third kappa shape index (κ3) is 7.08. The van der Waals surface area contributed by atoms with E-state index < -0.39 is 34.0 Å². The Kier molecular flexibility index (Phi) is 9.13. The Labute approximate surface area is 234 Å². The average molecular weight is 609 g/mol. The topological polar surface area (TPSA) is 136 Å². The standard InChI is InChI=1S/C24H31F3N4O7S2/c1-7-19-30-20(21(39-19)36-13(2)3)40(34,35)31-12-16(11-28-14(4)32)37-18-9-8-15(10-17(18)31)29-22(33)38-23(5,6)24(25,26)27/h8-10,13,16H,7,11-12H2,1-6H3,(H,28,32)(H,29,33). The Bertz CT molecular complexity index is 1360. The van der Waals surface area contributed by atoms with Crippen molar-refractivity contribution in [2.75, 3.05) is 22.7 Å². The lowest BCUT2D eigenvalue weighted by molar-refractivity contribution is -0.242. The van der Waals surface area contributed by atoms with Crippen molar-refractivity contribution in [2.45, 2.75) is 77.0 Å². The second kappa shape index (κ2) is 11.7. The first kappa shape index (κ1) is 31.3. The van der Waals surface area contributed by atoms with Gasteiger partial charge in [-0.2, -0.15) is 21.6 Å². The van der Waals surface area contributed by atoms with E-state index in [-0.39, 0.29) is 52.3 Å². The molecule has 1 aliphatic rings. The molecule has 1 aromatic heterocycles. The van der Waals surface area contributed by atoms with E-state index in [4.69, 9.17) is 9.47 Å². The van der Waals surface area contributed by atoms with Gasteiger partial charge >= 0.3 is 12.3 Å². The number of aromatic nitrogens is 1. The lowest BCUT2D eigenvalue weighted by atomic mass is 10.1. The number of amides is 2. The van der Waals surface area contributed by atoms with Gasteiger partial charge in [-0.25, -0.2) is 9.78 Å². The van der Waals surface area contributed by atoms with Crippen molar-refractivity contribution < 1.29 is 45.4 Å². The van der Waals surface area contributed by atoms with Gasteiger partial charge < -0.3 is 19.5 Å². The predicted molar refractivity (Wildman–Crippen MR) is 142 cm³/mol. The van der Waals surface area contributed by atoms with Crippen molar-refractivity contribution in [1.82, 2.24) is 10.3 Å². The first-order chi connectivity index (χ1) is 18.4. The summed E-state index contributed by atoms with van der Waals surface area (Å²) in [7, 11) is -4.38. The maximum Gasteiger partial charge on any atom is 0.427 e. The number of halogens is 3. The molecule has 2 aromatic rings. The van der Waals surface area contributed by atoms with E-state index in [9.17, 15) is 31.2 Å². The number of ether oxygens (including phenoxy) is 3. The number of aryl methyl sites for hydroxylation is 1. The van der Waals surface area contributed by atoms with E-state index in [1.54, 1.807) is 13.8 Å². The fraction of sp³-hybridized carbons (Fsp3) is 0.542. The van der Waals surface area contributed by atoms with Crippen LogP contribution in [0.5, 0.6) is 10.8 Å². The van der Waals surface area contributed by atoms with E-state index >= 15 is 0 Å². The van der Waals surface area contributed by atoms with Crippen LogP contribution in [0, 0.1) is 0 Å². The van der Waals surface area contributed by atoms with E-state index in [1.807, 2.05) is 6.92 Å². The number of hydrogen-bond donors (Lipinski definition) is 2. The van der Waals surface area contributed by atoms with Gasteiger partial charge in [0.2, 0.25) is 21.6 Å². The predicted octanol–water partition coefficient (Wildman–Crippen LogP) is 4.47. The highest BCUT2D eigenvalue weighted by Crippen LogP contribution is 2.42. The summed E-state index contributed by atoms with van der Waals surface area (Å²) in [5.74, 6) is -0.250. The molecule has 1 unspecified atom stereocenters. The zero-order valence-corrected chi connectivity index (χ0v) is 24.3. The van der Waals surface area contributed by atoms with Crippen molar-refractivity contribution in [3.8, 4) is 10.8 Å². The number of hydrogen-bond acceptors (Lipinski definition) is 9. The third-order valence-corrected chi connectivity index (χ3v) is 8.45. The molecule has 1 aromatic carbocycles. The van der Waals surface area contributed by atoms with Crippen LogP contribution in [0.4, 0.5) is 29.3 Å². The molecule has 1 atom stereocenters. The van der Waals surface area contributed by atoms with Crippen LogP contribution in [-0.2, 0) is 26.0 Å². The van der Waals surface area contributed by atoms with Crippen molar-refractivity contribution in [3.05, 3.63) is 23.2 Å². The minimum atomic E-state index is -4.82. The normalized spacial score (nSPS) is 15.8.